The number of aromatic nitrogens is 2. The number of ether oxygens (including phenoxy) is 1. The lowest BCUT2D eigenvalue weighted by Crippen LogP contribution is -2.33. The third-order valence-electron chi connectivity index (χ3n) is 3.39. The summed E-state index contributed by atoms with van der Waals surface area (Å²) in [7, 11) is 0. The Morgan fingerprint density at radius 1 is 1.09 bits per heavy atom. The lowest BCUT2D eigenvalue weighted by atomic mass is 10.2. The Hall–Kier alpha value is -2.19. The highest BCUT2D eigenvalue weighted by Gasteiger charge is 2.32. The van der Waals surface area contributed by atoms with E-state index in [1.165, 1.54) is 6.07 Å². The summed E-state index contributed by atoms with van der Waals surface area (Å²) in [4.78, 5) is 7.73. The first kappa shape index (κ1) is 15.7. The minimum absolute atomic E-state index is 0.0782. The Labute approximate surface area is 130 Å². The topological polar surface area (TPSA) is 59.1 Å². The van der Waals surface area contributed by atoms with Gasteiger partial charge in [-0.25, -0.2) is 4.98 Å². The molecule has 1 unspecified atom stereocenters. The number of halogens is 3. The molecular formula is C15H15F3N4O. The van der Waals surface area contributed by atoms with Crippen molar-refractivity contribution in [1.29, 1.82) is 0 Å². The molecule has 8 heteroatoms. The molecule has 2 N–H and O–H groups in total. The van der Waals surface area contributed by atoms with Gasteiger partial charge in [-0.15, -0.1) is 0 Å². The van der Waals surface area contributed by atoms with Gasteiger partial charge in [-0.2, -0.15) is 13.2 Å². The second-order valence-corrected chi connectivity index (χ2v) is 5.09. The molecule has 1 aliphatic heterocycles. The van der Waals surface area contributed by atoms with Gasteiger partial charge < -0.3 is 15.4 Å². The summed E-state index contributed by atoms with van der Waals surface area (Å²) in [5.74, 6) is 0. The van der Waals surface area contributed by atoms with Crippen LogP contribution in [-0.4, -0.2) is 29.7 Å². The van der Waals surface area contributed by atoms with Crippen LogP contribution in [0.5, 0.6) is 0 Å². The van der Waals surface area contributed by atoms with E-state index < -0.39 is 11.9 Å². The predicted octanol–water partition coefficient (Wildman–Crippen LogP) is 2.90. The van der Waals surface area contributed by atoms with Crippen LogP contribution in [0.4, 0.5) is 24.5 Å². The smallest absolute Gasteiger partial charge is 0.369 e. The lowest BCUT2D eigenvalue weighted by molar-refractivity contribution is -0.141. The molecule has 5 nitrogen and oxygen atoms in total. The number of anilines is 2. The normalized spacial score (nSPS) is 18.7. The van der Waals surface area contributed by atoms with E-state index in [4.69, 9.17) is 4.74 Å². The van der Waals surface area contributed by atoms with Crippen molar-refractivity contribution in [3.05, 3.63) is 48.0 Å². The molecule has 0 radical (unpaired) electrons. The van der Waals surface area contributed by atoms with Crippen LogP contribution in [0, 0.1) is 0 Å². The Balaban J connectivity index is 1.66. The first-order valence-corrected chi connectivity index (χ1v) is 7.11. The fourth-order valence-electron chi connectivity index (χ4n) is 2.23. The molecule has 2 aromatic rings. The van der Waals surface area contributed by atoms with Crippen molar-refractivity contribution in [2.24, 2.45) is 0 Å². The third-order valence-corrected chi connectivity index (χ3v) is 3.39. The zero-order valence-corrected chi connectivity index (χ0v) is 12.1. The largest absolute Gasteiger partial charge is 0.433 e. The summed E-state index contributed by atoms with van der Waals surface area (Å²) in [6.45, 7) is 2.18. The van der Waals surface area contributed by atoms with Gasteiger partial charge in [-0.05, 0) is 24.3 Å². The number of rotatable bonds is 3. The van der Waals surface area contributed by atoms with Gasteiger partial charge in [0.15, 0.2) is 0 Å². The summed E-state index contributed by atoms with van der Waals surface area (Å²) < 4.78 is 43.0. The predicted molar refractivity (Wildman–Crippen MR) is 78.3 cm³/mol. The van der Waals surface area contributed by atoms with E-state index in [0.717, 1.165) is 24.5 Å². The van der Waals surface area contributed by atoms with E-state index in [1.807, 2.05) is 6.07 Å². The van der Waals surface area contributed by atoms with Crippen LogP contribution in [0.1, 0.15) is 17.5 Å². The molecule has 0 saturated carbocycles. The Kier molecular flexibility index (Phi) is 4.44. The summed E-state index contributed by atoms with van der Waals surface area (Å²) >= 11 is 0. The second kappa shape index (κ2) is 6.51. The van der Waals surface area contributed by atoms with Crippen LogP contribution in [0.25, 0.3) is 0 Å². The van der Waals surface area contributed by atoms with Crippen molar-refractivity contribution >= 4 is 11.4 Å². The molecule has 3 rings (SSSR count). The molecule has 23 heavy (non-hydrogen) atoms. The summed E-state index contributed by atoms with van der Waals surface area (Å²) in [6, 6.07) is 5.90. The summed E-state index contributed by atoms with van der Waals surface area (Å²) in [5, 5.41) is 6.19. The molecule has 1 atom stereocenters. The molecule has 0 aliphatic carbocycles. The zero-order chi connectivity index (χ0) is 16.3. The Morgan fingerprint density at radius 3 is 2.35 bits per heavy atom. The van der Waals surface area contributed by atoms with E-state index in [0.29, 0.717) is 24.5 Å². The third kappa shape index (κ3) is 3.96. The molecule has 122 valence electrons. The summed E-state index contributed by atoms with van der Waals surface area (Å²) in [5.41, 5.74) is 1.02. The van der Waals surface area contributed by atoms with Gasteiger partial charge in [0, 0.05) is 13.1 Å². The zero-order valence-electron chi connectivity index (χ0n) is 12.1. The number of hydrogen-bond donors (Lipinski definition) is 2. The maximum absolute atomic E-state index is 12.5. The fourth-order valence-corrected chi connectivity index (χ4v) is 2.23. The number of alkyl halides is 3. The van der Waals surface area contributed by atoms with Crippen LogP contribution in [0.3, 0.4) is 0 Å². The molecular weight excluding hydrogens is 309 g/mol. The van der Waals surface area contributed by atoms with Crippen LogP contribution >= 0.6 is 0 Å². The molecule has 1 fully saturated rings. The highest BCUT2D eigenvalue weighted by molar-refractivity contribution is 5.57. The van der Waals surface area contributed by atoms with Gasteiger partial charge in [0.2, 0.25) is 0 Å². The summed E-state index contributed by atoms with van der Waals surface area (Å²) in [6.07, 6.45) is -1.75. The van der Waals surface area contributed by atoms with E-state index in [9.17, 15) is 13.2 Å². The lowest BCUT2D eigenvalue weighted by Gasteiger charge is -2.23. The van der Waals surface area contributed by atoms with Crippen molar-refractivity contribution in [3.63, 3.8) is 0 Å². The average Bonchev–Trinajstić information content (AvgIpc) is 2.56. The quantitative estimate of drug-likeness (QED) is 0.909. The van der Waals surface area contributed by atoms with E-state index >= 15 is 0 Å². The van der Waals surface area contributed by atoms with Gasteiger partial charge in [-0.3, -0.25) is 4.98 Å². The first-order chi connectivity index (χ1) is 11.0. The van der Waals surface area contributed by atoms with Crippen LogP contribution < -0.4 is 10.6 Å². The minimum Gasteiger partial charge on any atom is -0.369 e. The van der Waals surface area contributed by atoms with Gasteiger partial charge in [0.1, 0.15) is 11.8 Å². The fraction of sp³-hybridized carbons (Fsp3) is 0.333. The minimum atomic E-state index is -4.43. The Bertz CT molecular complexity index is 637. The van der Waals surface area contributed by atoms with Gasteiger partial charge >= 0.3 is 6.18 Å². The maximum Gasteiger partial charge on any atom is 0.433 e. The van der Waals surface area contributed by atoms with Gasteiger partial charge in [0.05, 0.1) is 36.1 Å². The standard InChI is InChI=1S/C15H15F3N4O/c16-15(17,18)14-4-2-11(8-21-14)22-10-1-3-12(20-7-10)13-9-19-5-6-23-13/h1-4,7-8,13,19,22H,5-6,9H2. The highest BCUT2D eigenvalue weighted by atomic mass is 19.4. The van der Waals surface area contributed by atoms with Crippen LogP contribution in [0.15, 0.2) is 36.7 Å². The van der Waals surface area contributed by atoms with Crippen molar-refractivity contribution in [2.75, 3.05) is 25.0 Å². The molecule has 0 amide bonds. The molecule has 0 aromatic carbocycles. The number of pyridine rings is 2. The first-order valence-electron chi connectivity index (χ1n) is 7.11. The molecule has 0 bridgehead atoms. The molecule has 3 heterocycles. The molecule has 1 saturated heterocycles. The maximum atomic E-state index is 12.5. The molecule has 1 aliphatic rings. The number of hydrogen-bond acceptors (Lipinski definition) is 5. The average molecular weight is 324 g/mol. The van der Waals surface area contributed by atoms with Crippen molar-refractivity contribution in [2.45, 2.75) is 12.3 Å². The van der Waals surface area contributed by atoms with Crippen molar-refractivity contribution in [3.8, 4) is 0 Å². The SMILES string of the molecule is FC(F)(F)c1ccc(Nc2ccc(C3CNCCO3)nc2)cn1. The van der Waals surface area contributed by atoms with E-state index in [1.54, 1.807) is 12.3 Å². The molecule has 0 spiro atoms. The number of nitrogens with one attached hydrogen (secondary N) is 2. The van der Waals surface area contributed by atoms with Crippen molar-refractivity contribution < 1.29 is 17.9 Å². The van der Waals surface area contributed by atoms with Crippen LogP contribution in [-0.2, 0) is 10.9 Å². The molecule has 2 aromatic heterocycles. The van der Waals surface area contributed by atoms with E-state index in [-0.39, 0.29) is 6.10 Å². The second-order valence-electron chi connectivity index (χ2n) is 5.09. The highest BCUT2D eigenvalue weighted by Crippen LogP contribution is 2.28. The van der Waals surface area contributed by atoms with Gasteiger partial charge in [-0.1, -0.05) is 0 Å². The van der Waals surface area contributed by atoms with E-state index in [2.05, 4.69) is 20.6 Å². The van der Waals surface area contributed by atoms with Crippen molar-refractivity contribution in [1.82, 2.24) is 15.3 Å². The number of nitrogens with zero attached hydrogens (tertiary/aromatic N) is 2. The number of morpholine rings is 1. The van der Waals surface area contributed by atoms with Gasteiger partial charge in [0.25, 0.3) is 0 Å². The van der Waals surface area contributed by atoms with Crippen LogP contribution in [0.2, 0.25) is 0 Å². The monoisotopic (exact) mass is 324 g/mol. The Morgan fingerprint density at radius 2 is 1.83 bits per heavy atom.